The standard InChI is InChI=1S/C22H28N2O5/c1-5-23-20(25)13-24(6-2)21(26)14-29-22(27)15(3)16-7-8-18-12-19(28-4)10-9-17(18)11-16/h7-12,15H,5-6,13-14H2,1-4H3,(H,23,25)/t15-/m0/s1. The van der Waals surface area contributed by atoms with E-state index in [9.17, 15) is 14.4 Å². The summed E-state index contributed by atoms with van der Waals surface area (Å²) in [6.45, 7) is 5.73. The highest BCUT2D eigenvalue weighted by atomic mass is 16.5. The molecular weight excluding hydrogens is 372 g/mol. The fraction of sp³-hybridized carbons (Fsp3) is 0.409. The Morgan fingerprint density at radius 2 is 1.76 bits per heavy atom. The molecule has 0 heterocycles. The molecule has 0 bridgehead atoms. The molecule has 0 spiro atoms. The summed E-state index contributed by atoms with van der Waals surface area (Å²) in [7, 11) is 1.62. The monoisotopic (exact) mass is 400 g/mol. The second-order valence-corrected chi connectivity index (χ2v) is 6.66. The van der Waals surface area contributed by atoms with E-state index in [-0.39, 0.29) is 19.1 Å². The van der Waals surface area contributed by atoms with Gasteiger partial charge in [-0.15, -0.1) is 0 Å². The number of hydrogen-bond acceptors (Lipinski definition) is 5. The molecule has 1 N–H and O–H groups in total. The molecule has 2 aromatic carbocycles. The normalized spacial score (nSPS) is 11.6. The fourth-order valence-corrected chi connectivity index (χ4v) is 2.93. The number of nitrogens with zero attached hydrogens (tertiary/aromatic N) is 1. The Hall–Kier alpha value is -3.09. The van der Waals surface area contributed by atoms with Crippen LogP contribution in [0.15, 0.2) is 36.4 Å². The summed E-state index contributed by atoms with van der Waals surface area (Å²) >= 11 is 0. The first kappa shape index (κ1) is 22.2. The molecule has 0 saturated heterocycles. The van der Waals surface area contributed by atoms with Gasteiger partial charge in [0.2, 0.25) is 5.91 Å². The molecule has 0 aliphatic carbocycles. The molecule has 0 aliphatic rings. The van der Waals surface area contributed by atoms with Crippen LogP contribution in [0, 0.1) is 0 Å². The van der Waals surface area contributed by atoms with Crippen LogP contribution in [0.3, 0.4) is 0 Å². The Morgan fingerprint density at radius 1 is 1.07 bits per heavy atom. The highest BCUT2D eigenvalue weighted by Crippen LogP contribution is 2.25. The number of nitrogens with one attached hydrogen (secondary N) is 1. The van der Waals surface area contributed by atoms with Gasteiger partial charge in [-0.1, -0.05) is 24.3 Å². The van der Waals surface area contributed by atoms with E-state index >= 15 is 0 Å². The number of hydrogen-bond donors (Lipinski definition) is 1. The summed E-state index contributed by atoms with van der Waals surface area (Å²) in [6, 6.07) is 11.4. The van der Waals surface area contributed by atoms with Crippen LogP contribution in [0.4, 0.5) is 0 Å². The first-order valence-electron chi connectivity index (χ1n) is 9.68. The highest BCUT2D eigenvalue weighted by Gasteiger charge is 2.21. The molecule has 1 atom stereocenters. The van der Waals surface area contributed by atoms with Gasteiger partial charge in [0.05, 0.1) is 19.6 Å². The topological polar surface area (TPSA) is 84.9 Å². The van der Waals surface area contributed by atoms with Gasteiger partial charge in [0.15, 0.2) is 6.61 Å². The second kappa shape index (κ2) is 10.5. The zero-order valence-corrected chi connectivity index (χ0v) is 17.4. The van der Waals surface area contributed by atoms with Crippen LogP contribution in [0.1, 0.15) is 32.3 Å². The minimum absolute atomic E-state index is 0.0512. The van der Waals surface area contributed by atoms with Gasteiger partial charge in [-0.2, -0.15) is 0 Å². The van der Waals surface area contributed by atoms with Crippen molar-refractivity contribution in [3.63, 3.8) is 0 Å². The van der Waals surface area contributed by atoms with Crippen LogP contribution in [0.5, 0.6) is 5.75 Å². The van der Waals surface area contributed by atoms with Crippen LogP contribution in [-0.2, 0) is 19.1 Å². The van der Waals surface area contributed by atoms with E-state index in [0.29, 0.717) is 13.1 Å². The summed E-state index contributed by atoms with van der Waals surface area (Å²) in [6.07, 6.45) is 0. The van der Waals surface area contributed by atoms with Crippen LogP contribution in [0.2, 0.25) is 0 Å². The lowest BCUT2D eigenvalue weighted by atomic mass is 9.98. The van der Waals surface area contributed by atoms with Crippen molar-refractivity contribution in [3.8, 4) is 5.75 Å². The summed E-state index contributed by atoms with van der Waals surface area (Å²) in [5.74, 6) is -0.877. The zero-order valence-electron chi connectivity index (χ0n) is 17.4. The van der Waals surface area contributed by atoms with Crippen molar-refractivity contribution < 1.29 is 23.9 Å². The number of ether oxygens (including phenoxy) is 2. The molecule has 2 amide bonds. The third kappa shape index (κ3) is 5.94. The van der Waals surface area contributed by atoms with Gasteiger partial charge >= 0.3 is 5.97 Å². The van der Waals surface area contributed by atoms with Crippen molar-refractivity contribution in [2.75, 3.05) is 33.4 Å². The molecule has 0 aromatic heterocycles. The van der Waals surface area contributed by atoms with E-state index < -0.39 is 17.8 Å². The number of carbonyl (C=O) groups excluding carboxylic acids is 3. The van der Waals surface area contributed by atoms with Gasteiger partial charge in [-0.25, -0.2) is 0 Å². The average molecular weight is 400 g/mol. The van der Waals surface area contributed by atoms with E-state index in [2.05, 4.69) is 5.32 Å². The van der Waals surface area contributed by atoms with Gasteiger partial charge < -0.3 is 19.7 Å². The van der Waals surface area contributed by atoms with Crippen molar-refractivity contribution in [1.82, 2.24) is 10.2 Å². The second-order valence-electron chi connectivity index (χ2n) is 6.66. The predicted octanol–water partition coefficient (Wildman–Crippen LogP) is 2.48. The third-order valence-corrected chi connectivity index (χ3v) is 4.71. The Kier molecular flexibility index (Phi) is 8.00. The maximum absolute atomic E-state index is 12.4. The summed E-state index contributed by atoms with van der Waals surface area (Å²) in [4.78, 5) is 37.7. The quantitative estimate of drug-likeness (QED) is 0.654. The highest BCUT2D eigenvalue weighted by molar-refractivity contribution is 5.89. The Balaban J connectivity index is 1.98. The lowest BCUT2D eigenvalue weighted by Crippen LogP contribution is -2.42. The average Bonchev–Trinajstić information content (AvgIpc) is 2.74. The Bertz CT molecular complexity index is 881. The minimum atomic E-state index is -0.521. The lowest BCUT2D eigenvalue weighted by molar-refractivity contribution is -0.153. The molecule has 2 aromatic rings. The number of fused-ring (bicyclic) bond motifs is 1. The van der Waals surface area contributed by atoms with E-state index in [1.807, 2.05) is 43.3 Å². The number of rotatable bonds is 9. The van der Waals surface area contributed by atoms with Crippen molar-refractivity contribution in [1.29, 1.82) is 0 Å². The van der Waals surface area contributed by atoms with Gasteiger partial charge in [-0.05, 0) is 49.2 Å². The van der Waals surface area contributed by atoms with E-state index in [4.69, 9.17) is 9.47 Å². The van der Waals surface area contributed by atoms with Gasteiger partial charge in [0.25, 0.3) is 5.91 Å². The number of carbonyl (C=O) groups is 3. The first-order valence-corrected chi connectivity index (χ1v) is 9.68. The first-order chi connectivity index (χ1) is 13.9. The molecule has 2 rings (SSSR count). The molecule has 0 radical (unpaired) electrons. The van der Waals surface area contributed by atoms with Gasteiger partial charge in [0.1, 0.15) is 5.75 Å². The Labute approximate surface area is 171 Å². The molecule has 0 aliphatic heterocycles. The number of likely N-dealkylation sites (N-methyl/N-ethyl adjacent to an activating group) is 2. The van der Waals surface area contributed by atoms with Crippen molar-refractivity contribution in [2.24, 2.45) is 0 Å². The maximum Gasteiger partial charge on any atom is 0.313 e. The predicted molar refractivity (Wildman–Crippen MR) is 111 cm³/mol. The van der Waals surface area contributed by atoms with Crippen molar-refractivity contribution in [2.45, 2.75) is 26.7 Å². The number of methoxy groups -OCH3 is 1. The van der Waals surface area contributed by atoms with Crippen molar-refractivity contribution in [3.05, 3.63) is 42.0 Å². The number of benzene rings is 2. The van der Waals surface area contributed by atoms with Crippen molar-refractivity contribution >= 4 is 28.6 Å². The SMILES string of the molecule is CCNC(=O)CN(CC)C(=O)COC(=O)[C@@H](C)c1ccc2cc(OC)ccc2c1. The molecule has 29 heavy (non-hydrogen) atoms. The molecule has 7 heteroatoms. The van der Waals surface area contributed by atoms with Gasteiger partial charge in [0, 0.05) is 13.1 Å². The molecule has 0 unspecified atom stereocenters. The van der Waals surface area contributed by atoms with E-state index in [1.54, 1.807) is 21.0 Å². The molecule has 156 valence electrons. The summed E-state index contributed by atoms with van der Waals surface area (Å²) in [5.41, 5.74) is 0.801. The largest absolute Gasteiger partial charge is 0.497 e. The molecular formula is C22H28N2O5. The fourth-order valence-electron chi connectivity index (χ4n) is 2.93. The summed E-state index contributed by atoms with van der Waals surface area (Å²) in [5, 5.41) is 4.63. The molecule has 0 saturated carbocycles. The zero-order chi connectivity index (χ0) is 21.4. The minimum Gasteiger partial charge on any atom is -0.497 e. The van der Waals surface area contributed by atoms with Crippen LogP contribution in [0.25, 0.3) is 10.8 Å². The molecule has 7 nitrogen and oxygen atoms in total. The van der Waals surface area contributed by atoms with Crippen LogP contribution >= 0.6 is 0 Å². The maximum atomic E-state index is 12.4. The summed E-state index contributed by atoms with van der Waals surface area (Å²) < 4.78 is 10.4. The van der Waals surface area contributed by atoms with Crippen LogP contribution in [-0.4, -0.2) is 56.0 Å². The van der Waals surface area contributed by atoms with Gasteiger partial charge in [-0.3, -0.25) is 14.4 Å². The van der Waals surface area contributed by atoms with Crippen LogP contribution < -0.4 is 10.1 Å². The molecule has 0 fully saturated rings. The lowest BCUT2D eigenvalue weighted by Gasteiger charge is -2.20. The van der Waals surface area contributed by atoms with E-state index in [0.717, 1.165) is 22.1 Å². The van der Waals surface area contributed by atoms with E-state index in [1.165, 1.54) is 4.90 Å². The Morgan fingerprint density at radius 3 is 2.41 bits per heavy atom. The number of amides is 2. The smallest absolute Gasteiger partial charge is 0.313 e. The number of esters is 1. The third-order valence-electron chi connectivity index (χ3n) is 4.71.